The number of piperidine rings is 1. The van der Waals surface area contributed by atoms with Gasteiger partial charge >= 0.3 is 6.03 Å². The third-order valence-electron chi connectivity index (χ3n) is 4.54. The molecule has 3 heterocycles. The summed E-state index contributed by atoms with van der Waals surface area (Å²) in [6.07, 6.45) is 1.69. The molecule has 6 nitrogen and oxygen atoms in total. The number of carbonyl (C=O) groups excluding carboxylic acids is 2. The molecule has 0 atom stereocenters. The molecule has 2 aliphatic heterocycles. The van der Waals surface area contributed by atoms with E-state index in [9.17, 15) is 9.59 Å². The van der Waals surface area contributed by atoms with E-state index in [2.05, 4.69) is 10.3 Å². The fourth-order valence-electron chi connectivity index (χ4n) is 3.30. The van der Waals surface area contributed by atoms with Gasteiger partial charge in [0.2, 0.25) is 0 Å². The minimum atomic E-state index is 0.0309. The number of hydrogen-bond acceptors (Lipinski definition) is 3. The molecule has 0 radical (unpaired) electrons. The van der Waals surface area contributed by atoms with Crippen molar-refractivity contribution in [2.75, 3.05) is 26.2 Å². The number of urea groups is 1. The summed E-state index contributed by atoms with van der Waals surface area (Å²) in [5, 5.41) is 2.84. The highest BCUT2D eigenvalue weighted by atomic mass is 16.2. The lowest BCUT2D eigenvalue weighted by Crippen LogP contribution is -2.47. The Labute approximate surface area is 130 Å². The topological polar surface area (TPSA) is 65.5 Å². The van der Waals surface area contributed by atoms with Gasteiger partial charge < -0.3 is 15.1 Å². The number of carbonyl (C=O) groups is 2. The van der Waals surface area contributed by atoms with Crippen LogP contribution in [0.3, 0.4) is 0 Å². The molecule has 2 saturated heterocycles. The Morgan fingerprint density at radius 3 is 2.55 bits per heavy atom. The number of rotatable bonds is 2. The quantitative estimate of drug-likeness (QED) is 0.896. The molecule has 0 spiro atoms. The van der Waals surface area contributed by atoms with Crippen LogP contribution in [-0.2, 0) is 0 Å². The molecule has 3 rings (SSSR count). The Balaban J connectivity index is 1.63. The van der Waals surface area contributed by atoms with E-state index < -0.39 is 0 Å². The number of likely N-dealkylation sites (tertiary alicyclic amines) is 1. The molecule has 0 saturated carbocycles. The second kappa shape index (κ2) is 5.94. The molecule has 1 N–H and O–H groups in total. The summed E-state index contributed by atoms with van der Waals surface area (Å²) in [4.78, 5) is 32.5. The smallest absolute Gasteiger partial charge is 0.317 e. The van der Waals surface area contributed by atoms with E-state index in [0.29, 0.717) is 18.7 Å². The molecular formula is C16H22N4O2. The van der Waals surface area contributed by atoms with Gasteiger partial charge in [0, 0.05) is 37.9 Å². The predicted octanol–water partition coefficient (Wildman–Crippen LogP) is 1.33. The van der Waals surface area contributed by atoms with Crippen LogP contribution >= 0.6 is 0 Å². The second-order valence-corrected chi connectivity index (χ2v) is 6.03. The highest BCUT2D eigenvalue weighted by molar-refractivity contribution is 5.95. The predicted molar refractivity (Wildman–Crippen MR) is 82.7 cm³/mol. The summed E-state index contributed by atoms with van der Waals surface area (Å²) in [6.45, 7) is 6.70. The van der Waals surface area contributed by atoms with Crippen molar-refractivity contribution in [3.63, 3.8) is 0 Å². The first-order valence-corrected chi connectivity index (χ1v) is 7.84. The fourth-order valence-corrected chi connectivity index (χ4v) is 3.30. The Morgan fingerprint density at radius 1 is 1.23 bits per heavy atom. The van der Waals surface area contributed by atoms with E-state index >= 15 is 0 Å². The molecule has 1 aromatic heterocycles. The first kappa shape index (κ1) is 14.8. The lowest BCUT2D eigenvalue weighted by molar-refractivity contribution is 0.0665. The van der Waals surface area contributed by atoms with Crippen molar-refractivity contribution in [1.29, 1.82) is 0 Å². The minimum Gasteiger partial charge on any atom is -0.338 e. The lowest BCUT2D eigenvalue weighted by atomic mass is 10.0. The first-order valence-electron chi connectivity index (χ1n) is 7.84. The van der Waals surface area contributed by atoms with Crippen LogP contribution in [0.2, 0.25) is 0 Å². The van der Waals surface area contributed by atoms with E-state index in [1.165, 1.54) is 0 Å². The van der Waals surface area contributed by atoms with Gasteiger partial charge in [-0.15, -0.1) is 0 Å². The van der Waals surface area contributed by atoms with Crippen LogP contribution in [0.1, 0.15) is 34.6 Å². The zero-order chi connectivity index (χ0) is 15.7. The molecule has 0 unspecified atom stereocenters. The molecular weight excluding hydrogens is 280 g/mol. The maximum absolute atomic E-state index is 12.6. The van der Waals surface area contributed by atoms with Crippen molar-refractivity contribution in [2.45, 2.75) is 32.7 Å². The summed E-state index contributed by atoms with van der Waals surface area (Å²) in [5.74, 6) is 0.0503. The maximum atomic E-state index is 12.6. The average molecular weight is 302 g/mol. The Kier molecular flexibility index (Phi) is 4.00. The van der Waals surface area contributed by atoms with Gasteiger partial charge in [-0.1, -0.05) is 0 Å². The number of nitrogens with one attached hydrogen (secondary N) is 1. The molecule has 1 aromatic rings. The molecule has 0 bridgehead atoms. The summed E-state index contributed by atoms with van der Waals surface area (Å²) in [5.41, 5.74) is 2.39. The summed E-state index contributed by atoms with van der Waals surface area (Å²) in [6, 6.07) is 4.02. The third kappa shape index (κ3) is 2.77. The van der Waals surface area contributed by atoms with Crippen molar-refractivity contribution in [1.82, 2.24) is 20.1 Å². The van der Waals surface area contributed by atoms with Crippen molar-refractivity contribution in [2.24, 2.45) is 0 Å². The largest absolute Gasteiger partial charge is 0.338 e. The van der Waals surface area contributed by atoms with Gasteiger partial charge in [-0.2, -0.15) is 0 Å². The SMILES string of the molecule is Cc1ccc(C(=O)N2CCC(N3CCNC3=O)CC2)c(C)n1. The third-order valence-corrected chi connectivity index (χ3v) is 4.54. The zero-order valence-electron chi connectivity index (χ0n) is 13.1. The van der Waals surface area contributed by atoms with Gasteiger partial charge in [0.15, 0.2) is 0 Å². The van der Waals surface area contributed by atoms with E-state index in [1.54, 1.807) is 0 Å². The monoisotopic (exact) mass is 302 g/mol. The highest BCUT2D eigenvalue weighted by Gasteiger charge is 2.32. The molecule has 0 aromatic carbocycles. The van der Waals surface area contributed by atoms with Crippen LogP contribution in [-0.4, -0.2) is 58.9 Å². The molecule has 118 valence electrons. The normalized spacial score (nSPS) is 19.5. The number of pyridine rings is 1. The molecule has 2 fully saturated rings. The van der Waals surface area contributed by atoms with Crippen LogP contribution in [0.25, 0.3) is 0 Å². The van der Waals surface area contributed by atoms with Crippen molar-refractivity contribution >= 4 is 11.9 Å². The van der Waals surface area contributed by atoms with Crippen LogP contribution in [0.15, 0.2) is 12.1 Å². The highest BCUT2D eigenvalue weighted by Crippen LogP contribution is 2.20. The van der Waals surface area contributed by atoms with Gasteiger partial charge in [0.25, 0.3) is 5.91 Å². The number of hydrogen-bond donors (Lipinski definition) is 1. The van der Waals surface area contributed by atoms with E-state index in [4.69, 9.17) is 0 Å². The second-order valence-electron chi connectivity index (χ2n) is 6.03. The average Bonchev–Trinajstić information content (AvgIpc) is 2.93. The van der Waals surface area contributed by atoms with Crippen LogP contribution < -0.4 is 5.32 Å². The van der Waals surface area contributed by atoms with Crippen molar-refractivity contribution in [3.8, 4) is 0 Å². The molecule has 6 heteroatoms. The Morgan fingerprint density at radius 2 is 1.95 bits per heavy atom. The van der Waals surface area contributed by atoms with E-state index in [1.807, 2.05) is 35.8 Å². The summed E-state index contributed by atoms with van der Waals surface area (Å²) < 4.78 is 0. The van der Waals surface area contributed by atoms with Crippen LogP contribution in [0.5, 0.6) is 0 Å². The number of nitrogens with zero attached hydrogens (tertiary/aromatic N) is 3. The number of aryl methyl sites for hydroxylation is 2. The van der Waals surface area contributed by atoms with Crippen LogP contribution in [0.4, 0.5) is 4.79 Å². The van der Waals surface area contributed by atoms with Gasteiger partial charge in [0.1, 0.15) is 0 Å². The summed E-state index contributed by atoms with van der Waals surface area (Å²) >= 11 is 0. The number of aromatic nitrogens is 1. The first-order chi connectivity index (χ1) is 10.6. The standard InChI is InChI=1S/C16H22N4O2/c1-11-3-4-14(12(2)18-11)15(21)19-8-5-13(6-9-19)20-10-7-17-16(20)22/h3-4,13H,5-10H2,1-2H3,(H,17,22). The molecule has 3 amide bonds. The molecule has 2 aliphatic rings. The van der Waals surface area contributed by atoms with Gasteiger partial charge in [-0.3, -0.25) is 9.78 Å². The Hall–Kier alpha value is -2.11. The van der Waals surface area contributed by atoms with Gasteiger partial charge in [0.05, 0.1) is 11.3 Å². The zero-order valence-corrected chi connectivity index (χ0v) is 13.1. The maximum Gasteiger partial charge on any atom is 0.317 e. The van der Waals surface area contributed by atoms with E-state index in [-0.39, 0.29) is 18.0 Å². The van der Waals surface area contributed by atoms with Crippen LogP contribution in [0, 0.1) is 13.8 Å². The fraction of sp³-hybridized carbons (Fsp3) is 0.562. The van der Waals surface area contributed by atoms with Gasteiger partial charge in [-0.25, -0.2) is 4.79 Å². The molecule has 0 aliphatic carbocycles. The molecule has 22 heavy (non-hydrogen) atoms. The van der Waals surface area contributed by atoms with E-state index in [0.717, 1.165) is 37.3 Å². The van der Waals surface area contributed by atoms with Crippen molar-refractivity contribution < 1.29 is 9.59 Å². The number of amides is 3. The Bertz CT molecular complexity index is 594. The lowest BCUT2D eigenvalue weighted by Gasteiger charge is -2.36. The van der Waals surface area contributed by atoms with Crippen molar-refractivity contribution in [3.05, 3.63) is 29.1 Å². The minimum absolute atomic E-state index is 0.0309. The van der Waals surface area contributed by atoms with Gasteiger partial charge in [-0.05, 0) is 38.8 Å². The summed E-state index contributed by atoms with van der Waals surface area (Å²) in [7, 11) is 0.